The zero-order valence-electron chi connectivity index (χ0n) is 10.3. The summed E-state index contributed by atoms with van der Waals surface area (Å²) >= 11 is 0. The van der Waals surface area contributed by atoms with Gasteiger partial charge < -0.3 is 0 Å². The molecule has 0 bridgehead atoms. The summed E-state index contributed by atoms with van der Waals surface area (Å²) < 4.78 is 27.1. The van der Waals surface area contributed by atoms with Crippen LogP contribution in [0.4, 0.5) is 0 Å². The Bertz CT molecular complexity index is 581. The highest BCUT2D eigenvalue weighted by Crippen LogP contribution is 2.30. The lowest BCUT2D eigenvalue weighted by molar-refractivity contribution is 0.485. The number of rotatable bonds is 3. The molecule has 0 radical (unpaired) electrons. The van der Waals surface area contributed by atoms with Crippen LogP contribution in [0.1, 0.15) is 31.2 Å². The van der Waals surface area contributed by atoms with Crippen LogP contribution in [0.5, 0.6) is 0 Å². The predicted octanol–water partition coefficient (Wildman–Crippen LogP) is 2.11. The molecule has 1 aromatic carbocycles. The third-order valence-electron chi connectivity index (χ3n) is 3.30. The highest BCUT2D eigenvalue weighted by atomic mass is 32.2. The van der Waals surface area contributed by atoms with Gasteiger partial charge in [0.2, 0.25) is 10.0 Å². The molecule has 1 aliphatic carbocycles. The largest absolute Gasteiger partial charge is 0.241 e. The van der Waals surface area contributed by atoms with Gasteiger partial charge in [0.15, 0.2) is 0 Å². The van der Waals surface area contributed by atoms with E-state index >= 15 is 0 Å². The normalized spacial score (nSPS) is 18.4. The molecule has 4 nitrogen and oxygen atoms in total. The van der Waals surface area contributed by atoms with Crippen molar-refractivity contribution in [3.8, 4) is 6.07 Å². The predicted molar refractivity (Wildman–Crippen MR) is 68.3 cm³/mol. The number of nitriles is 1. The first-order valence-corrected chi connectivity index (χ1v) is 7.48. The molecule has 0 heterocycles. The van der Waals surface area contributed by atoms with Crippen LogP contribution < -0.4 is 4.72 Å². The summed E-state index contributed by atoms with van der Waals surface area (Å²) in [6, 6.07) is 8.84. The summed E-state index contributed by atoms with van der Waals surface area (Å²) in [5, 5.41) is 9.20. The average molecular weight is 264 g/mol. The van der Waals surface area contributed by atoms with E-state index in [1.165, 1.54) is 0 Å². The molecule has 0 amide bonds. The fourth-order valence-corrected chi connectivity index (χ4v) is 3.79. The van der Waals surface area contributed by atoms with E-state index in [1.807, 2.05) is 13.0 Å². The minimum Gasteiger partial charge on any atom is -0.207 e. The molecule has 0 aromatic heterocycles. The Morgan fingerprint density at radius 3 is 2.56 bits per heavy atom. The molecule has 0 saturated heterocycles. The molecule has 5 heteroatoms. The monoisotopic (exact) mass is 264 g/mol. The maximum Gasteiger partial charge on any atom is 0.241 e. The first-order valence-electron chi connectivity index (χ1n) is 5.99. The Morgan fingerprint density at radius 1 is 1.33 bits per heavy atom. The van der Waals surface area contributed by atoms with E-state index in [9.17, 15) is 13.7 Å². The maximum absolute atomic E-state index is 12.2. The highest BCUT2D eigenvalue weighted by Gasteiger charge is 2.38. The summed E-state index contributed by atoms with van der Waals surface area (Å²) in [6.45, 7) is 1.84. The third-order valence-corrected chi connectivity index (χ3v) is 4.83. The van der Waals surface area contributed by atoms with Crippen LogP contribution in [-0.2, 0) is 10.0 Å². The molecule has 0 spiro atoms. The van der Waals surface area contributed by atoms with Crippen LogP contribution in [0.2, 0.25) is 0 Å². The second kappa shape index (κ2) is 4.71. The van der Waals surface area contributed by atoms with Gasteiger partial charge in [-0.15, -0.1) is 0 Å². The quantitative estimate of drug-likeness (QED) is 0.909. The van der Waals surface area contributed by atoms with E-state index in [0.29, 0.717) is 12.8 Å². The van der Waals surface area contributed by atoms with Crippen LogP contribution in [0.25, 0.3) is 0 Å². The van der Waals surface area contributed by atoms with E-state index in [-0.39, 0.29) is 4.90 Å². The lowest BCUT2D eigenvalue weighted by atomic mass is 10.0. The Hall–Kier alpha value is -1.38. The van der Waals surface area contributed by atoms with Gasteiger partial charge in [-0.1, -0.05) is 25.0 Å². The molecular formula is C13H16N2O2S. The third kappa shape index (κ3) is 2.55. The Kier molecular flexibility index (Phi) is 3.42. The van der Waals surface area contributed by atoms with Crippen LogP contribution in [-0.4, -0.2) is 14.0 Å². The zero-order chi connectivity index (χ0) is 13.2. The molecule has 1 aromatic rings. The van der Waals surface area contributed by atoms with Crippen LogP contribution in [0, 0.1) is 18.3 Å². The van der Waals surface area contributed by atoms with Gasteiger partial charge in [-0.25, -0.2) is 8.42 Å². The fraction of sp³-hybridized carbons (Fsp3) is 0.462. The molecule has 96 valence electrons. The van der Waals surface area contributed by atoms with E-state index in [1.54, 1.807) is 18.2 Å². The topological polar surface area (TPSA) is 70.0 Å². The fourth-order valence-electron chi connectivity index (χ4n) is 2.31. The van der Waals surface area contributed by atoms with Gasteiger partial charge in [-0.3, -0.25) is 0 Å². The van der Waals surface area contributed by atoms with Crippen molar-refractivity contribution in [1.82, 2.24) is 4.72 Å². The molecule has 2 rings (SSSR count). The molecule has 0 unspecified atom stereocenters. The Balaban J connectivity index is 2.30. The van der Waals surface area contributed by atoms with Crippen LogP contribution in [0.3, 0.4) is 0 Å². The molecule has 18 heavy (non-hydrogen) atoms. The number of benzene rings is 1. The van der Waals surface area contributed by atoms with Crippen LogP contribution in [0.15, 0.2) is 29.2 Å². The summed E-state index contributed by atoms with van der Waals surface area (Å²) in [5.41, 5.74) is -0.0296. The number of nitrogens with one attached hydrogen (secondary N) is 1. The Morgan fingerprint density at radius 2 is 2.00 bits per heavy atom. The number of nitrogens with zero attached hydrogens (tertiary/aromatic N) is 1. The van der Waals surface area contributed by atoms with Gasteiger partial charge in [-0.05, 0) is 37.5 Å². The lowest BCUT2D eigenvalue weighted by Crippen LogP contribution is -2.44. The number of sulfonamides is 1. The van der Waals surface area contributed by atoms with E-state index in [4.69, 9.17) is 0 Å². The van der Waals surface area contributed by atoms with Gasteiger partial charge >= 0.3 is 0 Å². The molecular weight excluding hydrogens is 248 g/mol. The number of hydrogen-bond acceptors (Lipinski definition) is 3. The second-order valence-electron chi connectivity index (χ2n) is 4.82. The smallest absolute Gasteiger partial charge is 0.207 e. The lowest BCUT2D eigenvalue weighted by Gasteiger charge is -2.21. The van der Waals surface area contributed by atoms with Gasteiger partial charge in [0.25, 0.3) is 0 Å². The van der Waals surface area contributed by atoms with Crippen molar-refractivity contribution in [2.75, 3.05) is 0 Å². The second-order valence-corrected chi connectivity index (χ2v) is 6.51. The van der Waals surface area contributed by atoms with E-state index in [2.05, 4.69) is 10.8 Å². The van der Waals surface area contributed by atoms with Gasteiger partial charge in [-0.2, -0.15) is 9.98 Å². The summed E-state index contributed by atoms with van der Waals surface area (Å²) in [7, 11) is -3.61. The van der Waals surface area contributed by atoms with Crippen molar-refractivity contribution in [2.45, 2.75) is 43.0 Å². The van der Waals surface area contributed by atoms with E-state index < -0.39 is 15.6 Å². The summed E-state index contributed by atoms with van der Waals surface area (Å²) in [4.78, 5) is 0.226. The molecule has 1 aliphatic rings. The van der Waals surface area contributed by atoms with Crippen molar-refractivity contribution in [3.63, 3.8) is 0 Å². The average Bonchev–Trinajstić information content (AvgIpc) is 2.77. The summed E-state index contributed by atoms with van der Waals surface area (Å²) in [5.74, 6) is 0. The van der Waals surface area contributed by atoms with Crippen molar-refractivity contribution in [1.29, 1.82) is 5.26 Å². The minimum absolute atomic E-state index is 0.226. The maximum atomic E-state index is 12.2. The molecule has 1 fully saturated rings. The number of hydrogen-bond donors (Lipinski definition) is 1. The molecule has 1 N–H and O–H groups in total. The standard InChI is InChI=1S/C13H16N2O2S/c1-11-5-4-6-12(9-11)18(16,17)15-13(10-14)7-2-3-8-13/h4-6,9,15H,2-3,7-8H2,1H3. The first-order chi connectivity index (χ1) is 8.47. The minimum atomic E-state index is -3.61. The van der Waals surface area contributed by atoms with Crippen molar-refractivity contribution < 1.29 is 8.42 Å². The van der Waals surface area contributed by atoms with E-state index in [0.717, 1.165) is 18.4 Å². The van der Waals surface area contributed by atoms with Gasteiger partial charge in [0.1, 0.15) is 5.54 Å². The molecule has 1 saturated carbocycles. The highest BCUT2D eigenvalue weighted by molar-refractivity contribution is 7.89. The van der Waals surface area contributed by atoms with Gasteiger partial charge in [0, 0.05) is 0 Å². The van der Waals surface area contributed by atoms with Crippen molar-refractivity contribution in [3.05, 3.63) is 29.8 Å². The summed E-state index contributed by atoms with van der Waals surface area (Å²) in [6.07, 6.45) is 2.97. The van der Waals surface area contributed by atoms with Gasteiger partial charge in [0.05, 0.1) is 11.0 Å². The first kappa shape index (κ1) is 13.1. The van der Waals surface area contributed by atoms with Crippen molar-refractivity contribution >= 4 is 10.0 Å². The zero-order valence-corrected chi connectivity index (χ0v) is 11.1. The van der Waals surface area contributed by atoms with Crippen molar-refractivity contribution in [2.24, 2.45) is 0 Å². The molecule has 0 atom stereocenters. The van der Waals surface area contributed by atoms with Crippen LogP contribution >= 0.6 is 0 Å². The Labute approximate surface area is 108 Å². The molecule has 0 aliphatic heterocycles. The SMILES string of the molecule is Cc1cccc(S(=O)(=O)NC2(C#N)CCCC2)c1. The number of aryl methyl sites for hydroxylation is 1.